The Balaban J connectivity index is 1.58. The van der Waals surface area contributed by atoms with Crippen LogP contribution in [0.2, 0.25) is 0 Å². The molecule has 0 N–H and O–H groups in total. The van der Waals surface area contributed by atoms with E-state index in [0.717, 1.165) is 28.2 Å². The number of amides is 1. The van der Waals surface area contributed by atoms with Crippen LogP contribution in [-0.4, -0.2) is 61.5 Å². The molecule has 0 saturated carbocycles. The van der Waals surface area contributed by atoms with Crippen molar-refractivity contribution >= 4 is 39.0 Å². The number of nitrogens with zero attached hydrogens (tertiary/aromatic N) is 4. The molecule has 0 atom stereocenters. The van der Waals surface area contributed by atoms with Crippen LogP contribution in [0.4, 0.5) is 11.4 Å². The number of carbonyl (C=O) groups is 1. The number of ether oxygens (including phenoxy) is 1. The fourth-order valence-corrected chi connectivity index (χ4v) is 6.56. The summed E-state index contributed by atoms with van der Waals surface area (Å²) >= 11 is 0. The van der Waals surface area contributed by atoms with Gasteiger partial charge in [0, 0.05) is 60.5 Å². The standard InChI is InChI=1S/C27H28N4O6S/c1-17-13-21(31(33)34)5-7-25(17)30-18(2)14-20(19(30)3)15-24-23-16-22(6-8-26(23)28(4)27(24)32)38(35,36)29-9-11-37-12-10-29/h5-8,13-16H,9-12H2,1-4H3. The third-order valence-electron chi connectivity index (χ3n) is 7.16. The Bertz CT molecular complexity index is 1620. The Morgan fingerprint density at radius 3 is 2.34 bits per heavy atom. The number of non-ortho nitro benzene ring substituents is 1. The van der Waals surface area contributed by atoms with Gasteiger partial charge in [-0.15, -0.1) is 0 Å². The fourth-order valence-electron chi connectivity index (χ4n) is 5.13. The number of aryl methyl sites for hydroxylation is 2. The molecule has 3 heterocycles. The van der Waals surface area contributed by atoms with E-state index in [0.29, 0.717) is 30.0 Å². The van der Waals surface area contributed by atoms with Crippen LogP contribution in [0, 0.1) is 30.9 Å². The SMILES string of the molecule is Cc1cc([N+](=O)[O-])ccc1-n1c(C)cc(C=C2C(=O)N(C)c3ccc(S(=O)(=O)N4CCOCC4)cc32)c1C. The van der Waals surface area contributed by atoms with E-state index >= 15 is 0 Å². The molecule has 0 spiro atoms. The van der Waals surface area contributed by atoms with Crippen molar-refractivity contribution in [3.05, 3.63) is 80.7 Å². The maximum atomic E-state index is 13.3. The van der Waals surface area contributed by atoms with Crippen LogP contribution in [0.3, 0.4) is 0 Å². The van der Waals surface area contributed by atoms with Gasteiger partial charge in [0.2, 0.25) is 10.0 Å². The zero-order chi connectivity index (χ0) is 27.4. The Hall–Kier alpha value is -3.80. The number of carbonyl (C=O) groups excluding carboxylic acids is 1. The van der Waals surface area contributed by atoms with Gasteiger partial charge in [-0.3, -0.25) is 14.9 Å². The number of hydrogen-bond acceptors (Lipinski definition) is 6. The first-order valence-corrected chi connectivity index (χ1v) is 13.6. The van der Waals surface area contributed by atoms with Crippen LogP contribution in [0.5, 0.6) is 0 Å². The lowest BCUT2D eigenvalue weighted by atomic mass is 10.0. The number of morpholine rings is 1. The molecule has 1 saturated heterocycles. The molecule has 5 rings (SSSR count). The molecular weight excluding hydrogens is 508 g/mol. The van der Waals surface area contributed by atoms with E-state index in [1.165, 1.54) is 21.3 Å². The van der Waals surface area contributed by atoms with Crippen LogP contribution >= 0.6 is 0 Å². The van der Waals surface area contributed by atoms with Gasteiger partial charge in [-0.05, 0) is 68.3 Å². The number of nitro groups is 1. The van der Waals surface area contributed by atoms with Crippen LogP contribution < -0.4 is 4.90 Å². The Morgan fingerprint density at radius 2 is 1.68 bits per heavy atom. The fraction of sp³-hybridized carbons (Fsp3) is 0.296. The number of sulfonamides is 1. The molecule has 11 heteroatoms. The third kappa shape index (κ3) is 4.22. The number of hydrogen-bond donors (Lipinski definition) is 0. The summed E-state index contributed by atoms with van der Waals surface area (Å²) in [4.78, 5) is 25.7. The van der Waals surface area contributed by atoms with Gasteiger partial charge < -0.3 is 14.2 Å². The predicted molar refractivity (Wildman–Crippen MR) is 144 cm³/mol. The molecule has 0 aliphatic carbocycles. The minimum atomic E-state index is -3.73. The summed E-state index contributed by atoms with van der Waals surface area (Å²) in [6.07, 6.45) is 1.79. The second kappa shape index (κ2) is 9.50. The first kappa shape index (κ1) is 25.8. The van der Waals surface area contributed by atoms with E-state index in [9.17, 15) is 23.3 Å². The molecule has 0 bridgehead atoms. The van der Waals surface area contributed by atoms with Crippen LogP contribution in [0.15, 0.2) is 47.4 Å². The molecular formula is C27H28N4O6S. The number of benzene rings is 2. The lowest BCUT2D eigenvalue weighted by Gasteiger charge is -2.26. The maximum absolute atomic E-state index is 13.3. The molecule has 0 radical (unpaired) electrons. The summed E-state index contributed by atoms with van der Waals surface area (Å²) in [7, 11) is -2.06. The second-order valence-corrected chi connectivity index (χ2v) is 11.4. The van der Waals surface area contributed by atoms with Crippen LogP contribution in [0.1, 0.15) is 28.1 Å². The molecule has 38 heavy (non-hydrogen) atoms. The van der Waals surface area contributed by atoms with Crippen molar-refractivity contribution < 1.29 is 22.9 Å². The zero-order valence-electron chi connectivity index (χ0n) is 21.6. The van der Waals surface area contributed by atoms with Crippen molar-refractivity contribution in [3.8, 4) is 5.69 Å². The molecule has 2 aliphatic rings. The van der Waals surface area contributed by atoms with E-state index in [2.05, 4.69) is 0 Å². The Morgan fingerprint density at radius 1 is 1.00 bits per heavy atom. The summed E-state index contributed by atoms with van der Waals surface area (Å²) < 4.78 is 35.3. The summed E-state index contributed by atoms with van der Waals surface area (Å²) in [5.74, 6) is -0.225. The molecule has 10 nitrogen and oxygen atoms in total. The number of aromatic nitrogens is 1. The largest absolute Gasteiger partial charge is 0.379 e. The normalized spacial score (nSPS) is 17.3. The van der Waals surface area contributed by atoms with Crippen molar-refractivity contribution in [1.29, 1.82) is 0 Å². The highest BCUT2D eigenvalue weighted by atomic mass is 32.2. The molecule has 198 valence electrons. The summed E-state index contributed by atoms with van der Waals surface area (Å²) in [5.41, 5.74) is 5.74. The highest BCUT2D eigenvalue weighted by Gasteiger charge is 2.33. The maximum Gasteiger partial charge on any atom is 0.269 e. The monoisotopic (exact) mass is 536 g/mol. The van der Waals surface area contributed by atoms with E-state index in [1.807, 2.05) is 31.4 Å². The second-order valence-electron chi connectivity index (χ2n) is 9.51. The molecule has 2 aromatic carbocycles. The topological polar surface area (TPSA) is 115 Å². The van der Waals surface area contributed by atoms with Crippen molar-refractivity contribution in [2.24, 2.45) is 0 Å². The van der Waals surface area contributed by atoms with Crippen molar-refractivity contribution in [1.82, 2.24) is 8.87 Å². The van der Waals surface area contributed by atoms with E-state index in [-0.39, 0.29) is 29.6 Å². The lowest BCUT2D eigenvalue weighted by Crippen LogP contribution is -2.40. The van der Waals surface area contributed by atoms with Crippen molar-refractivity contribution in [2.75, 3.05) is 38.3 Å². The molecule has 2 aliphatic heterocycles. The first-order valence-electron chi connectivity index (χ1n) is 12.2. The number of fused-ring (bicyclic) bond motifs is 1. The minimum Gasteiger partial charge on any atom is -0.379 e. The molecule has 0 unspecified atom stereocenters. The van der Waals surface area contributed by atoms with Gasteiger partial charge in [-0.25, -0.2) is 8.42 Å². The Kier molecular flexibility index (Phi) is 6.46. The highest BCUT2D eigenvalue weighted by molar-refractivity contribution is 7.89. The first-order chi connectivity index (χ1) is 18.0. The minimum absolute atomic E-state index is 0.0232. The zero-order valence-corrected chi connectivity index (χ0v) is 22.4. The predicted octanol–water partition coefficient (Wildman–Crippen LogP) is 3.85. The lowest BCUT2D eigenvalue weighted by molar-refractivity contribution is -0.384. The van der Waals surface area contributed by atoms with E-state index < -0.39 is 14.9 Å². The van der Waals surface area contributed by atoms with Gasteiger partial charge in [0.25, 0.3) is 11.6 Å². The van der Waals surface area contributed by atoms with Crippen molar-refractivity contribution in [2.45, 2.75) is 25.7 Å². The van der Waals surface area contributed by atoms with Gasteiger partial charge in [0.1, 0.15) is 0 Å². The highest BCUT2D eigenvalue weighted by Crippen LogP contribution is 2.39. The summed E-state index contributed by atoms with van der Waals surface area (Å²) in [6.45, 7) is 6.94. The van der Waals surface area contributed by atoms with Crippen LogP contribution in [0.25, 0.3) is 17.3 Å². The summed E-state index contributed by atoms with van der Waals surface area (Å²) in [6, 6.07) is 11.5. The van der Waals surface area contributed by atoms with Gasteiger partial charge in [-0.2, -0.15) is 4.31 Å². The molecule has 1 fully saturated rings. The molecule has 1 aromatic heterocycles. The van der Waals surface area contributed by atoms with Gasteiger partial charge in [-0.1, -0.05) is 0 Å². The van der Waals surface area contributed by atoms with Gasteiger partial charge >= 0.3 is 0 Å². The average Bonchev–Trinajstić information content (AvgIpc) is 3.31. The smallest absolute Gasteiger partial charge is 0.269 e. The third-order valence-corrected chi connectivity index (χ3v) is 9.06. The number of anilines is 1. The summed E-state index contributed by atoms with van der Waals surface area (Å²) in [5, 5.41) is 11.2. The Labute approximate surface area is 220 Å². The molecule has 1 amide bonds. The number of nitro benzene ring substituents is 1. The quantitative estimate of drug-likeness (QED) is 0.278. The van der Waals surface area contributed by atoms with Crippen LogP contribution in [-0.2, 0) is 19.6 Å². The number of rotatable bonds is 5. The van der Waals surface area contributed by atoms with Gasteiger partial charge in [0.15, 0.2) is 0 Å². The average molecular weight is 537 g/mol. The van der Waals surface area contributed by atoms with Gasteiger partial charge in [0.05, 0.1) is 28.7 Å². The van der Waals surface area contributed by atoms with E-state index in [1.54, 1.807) is 37.4 Å². The molecule has 3 aromatic rings. The van der Waals surface area contributed by atoms with E-state index in [4.69, 9.17) is 4.74 Å². The van der Waals surface area contributed by atoms with Crippen molar-refractivity contribution in [3.63, 3.8) is 0 Å². The number of likely N-dealkylation sites (N-methyl/N-ethyl adjacent to an activating group) is 1.